The first-order chi connectivity index (χ1) is 15.6. The predicted molar refractivity (Wildman–Crippen MR) is 126 cm³/mol. The molecule has 0 radical (unpaired) electrons. The monoisotopic (exact) mass is 426 g/mol. The lowest BCUT2D eigenvalue weighted by Crippen LogP contribution is -2.04. The molecule has 0 fully saturated rings. The normalized spacial score (nSPS) is 12.3. The van der Waals surface area contributed by atoms with Crippen LogP contribution in [-0.4, -0.2) is 20.6 Å². The number of benzene rings is 2. The second kappa shape index (κ2) is 9.96. The third kappa shape index (κ3) is 5.24. The van der Waals surface area contributed by atoms with Crippen molar-refractivity contribution in [3.8, 4) is 5.75 Å². The zero-order chi connectivity index (χ0) is 22.3. The summed E-state index contributed by atoms with van der Waals surface area (Å²) in [5, 5.41) is 10.2. The Hall–Kier alpha value is -3.86. The number of pyridine rings is 1. The number of allylic oxidation sites excluding steroid dienone is 2. The summed E-state index contributed by atoms with van der Waals surface area (Å²) in [7, 11) is 0. The third-order valence-corrected chi connectivity index (χ3v) is 5.38. The summed E-state index contributed by atoms with van der Waals surface area (Å²) in [4.78, 5) is 15.9. The van der Waals surface area contributed by atoms with Crippen molar-refractivity contribution in [3.63, 3.8) is 0 Å². The molecule has 1 atom stereocenters. The van der Waals surface area contributed by atoms with Crippen LogP contribution in [0.2, 0.25) is 0 Å². The molecule has 0 unspecified atom stereocenters. The molecular formula is C27H26N2O3. The van der Waals surface area contributed by atoms with Crippen molar-refractivity contribution in [3.05, 3.63) is 108 Å². The van der Waals surface area contributed by atoms with E-state index >= 15 is 0 Å². The number of hydrogen-bond donors (Lipinski definition) is 1. The molecule has 0 spiro atoms. The van der Waals surface area contributed by atoms with Gasteiger partial charge in [0.05, 0.1) is 12.1 Å². The Morgan fingerprint density at radius 2 is 1.84 bits per heavy atom. The van der Waals surface area contributed by atoms with Crippen LogP contribution < -0.4 is 4.74 Å². The maximum atomic E-state index is 11.1. The molecular weight excluding hydrogens is 400 g/mol. The average Bonchev–Trinajstić information content (AvgIpc) is 3.20. The fraction of sp³-hybridized carbons (Fsp3) is 0.185. The second-order valence-corrected chi connectivity index (χ2v) is 7.73. The fourth-order valence-corrected chi connectivity index (χ4v) is 3.77. The van der Waals surface area contributed by atoms with Gasteiger partial charge in [0.1, 0.15) is 18.0 Å². The van der Waals surface area contributed by atoms with E-state index in [1.165, 1.54) is 5.56 Å². The zero-order valence-corrected chi connectivity index (χ0v) is 18.0. The topological polar surface area (TPSA) is 64.3 Å². The number of carboxylic acid groups (broad SMARTS) is 1. The van der Waals surface area contributed by atoms with E-state index in [0.29, 0.717) is 6.61 Å². The maximum absolute atomic E-state index is 11.1. The SMILES string of the molecule is CC=C[C@H](CC(=O)O)c1ccc(OCc2ccc3ccn(Cc4ccccc4)c3n2)cc1. The number of carbonyl (C=O) groups is 1. The minimum Gasteiger partial charge on any atom is -0.487 e. The van der Waals surface area contributed by atoms with E-state index < -0.39 is 5.97 Å². The summed E-state index contributed by atoms with van der Waals surface area (Å²) in [5.74, 6) is -0.232. The van der Waals surface area contributed by atoms with Crippen molar-refractivity contribution < 1.29 is 14.6 Å². The maximum Gasteiger partial charge on any atom is 0.304 e. The van der Waals surface area contributed by atoms with Crippen molar-refractivity contribution in [2.75, 3.05) is 0 Å². The van der Waals surface area contributed by atoms with E-state index in [4.69, 9.17) is 14.8 Å². The highest BCUT2D eigenvalue weighted by molar-refractivity contribution is 5.76. The molecule has 162 valence electrons. The van der Waals surface area contributed by atoms with Gasteiger partial charge in [-0.1, -0.05) is 54.6 Å². The number of aromatic nitrogens is 2. The number of carboxylic acids is 1. The van der Waals surface area contributed by atoms with Gasteiger partial charge in [0.2, 0.25) is 0 Å². The molecule has 1 N–H and O–H groups in total. The molecule has 5 heteroatoms. The lowest BCUT2D eigenvalue weighted by Gasteiger charge is -2.12. The Morgan fingerprint density at radius 1 is 1.06 bits per heavy atom. The van der Waals surface area contributed by atoms with E-state index in [-0.39, 0.29) is 12.3 Å². The summed E-state index contributed by atoms with van der Waals surface area (Å²) in [6.45, 7) is 3.03. The molecule has 32 heavy (non-hydrogen) atoms. The Balaban J connectivity index is 1.44. The Morgan fingerprint density at radius 3 is 2.56 bits per heavy atom. The van der Waals surface area contributed by atoms with Crippen LogP contribution in [0, 0.1) is 0 Å². The van der Waals surface area contributed by atoms with Crippen LogP contribution in [-0.2, 0) is 17.9 Å². The Labute approximate surface area is 187 Å². The predicted octanol–water partition coefficient (Wildman–Crippen LogP) is 5.80. The molecule has 5 nitrogen and oxygen atoms in total. The molecule has 2 aromatic heterocycles. The molecule has 0 saturated heterocycles. The number of aliphatic carboxylic acids is 1. The van der Waals surface area contributed by atoms with Gasteiger partial charge in [0.25, 0.3) is 0 Å². The number of hydrogen-bond acceptors (Lipinski definition) is 3. The van der Waals surface area contributed by atoms with E-state index in [1.807, 2.05) is 67.6 Å². The molecule has 0 aliphatic heterocycles. The quantitative estimate of drug-likeness (QED) is 0.344. The van der Waals surface area contributed by atoms with Gasteiger partial charge in [-0.15, -0.1) is 0 Å². The smallest absolute Gasteiger partial charge is 0.304 e. The number of ether oxygens (including phenoxy) is 1. The van der Waals surface area contributed by atoms with Crippen molar-refractivity contribution in [1.82, 2.24) is 9.55 Å². The van der Waals surface area contributed by atoms with Crippen molar-refractivity contribution >= 4 is 17.0 Å². The van der Waals surface area contributed by atoms with Crippen molar-refractivity contribution in [2.24, 2.45) is 0 Å². The molecule has 2 aromatic carbocycles. The number of fused-ring (bicyclic) bond motifs is 1. The minimum absolute atomic E-state index is 0.0666. The van der Waals surface area contributed by atoms with Crippen molar-refractivity contribution in [2.45, 2.75) is 32.4 Å². The lowest BCUT2D eigenvalue weighted by molar-refractivity contribution is -0.137. The van der Waals surface area contributed by atoms with Crippen LogP contribution in [0.15, 0.2) is 91.1 Å². The van der Waals surface area contributed by atoms with Gasteiger partial charge >= 0.3 is 5.97 Å². The number of nitrogens with zero attached hydrogens (tertiary/aromatic N) is 2. The highest BCUT2D eigenvalue weighted by Crippen LogP contribution is 2.24. The van der Waals surface area contributed by atoms with E-state index in [2.05, 4.69) is 35.0 Å². The van der Waals surface area contributed by atoms with Crippen LogP contribution in [0.3, 0.4) is 0 Å². The van der Waals surface area contributed by atoms with Crippen LogP contribution >= 0.6 is 0 Å². The van der Waals surface area contributed by atoms with Crippen LogP contribution in [0.1, 0.15) is 36.1 Å². The molecule has 2 heterocycles. The zero-order valence-electron chi connectivity index (χ0n) is 18.0. The van der Waals surface area contributed by atoms with E-state index in [9.17, 15) is 4.79 Å². The molecule has 0 aliphatic rings. The summed E-state index contributed by atoms with van der Waals surface area (Å²) in [5.41, 5.74) is 3.98. The lowest BCUT2D eigenvalue weighted by atomic mass is 9.95. The summed E-state index contributed by atoms with van der Waals surface area (Å²) < 4.78 is 8.09. The van der Waals surface area contributed by atoms with Gasteiger partial charge in [-0.25, -0.2) is 4.98 Å². The van der Waals surface area contributed by atoms with Gasteiger partial charge in [0.15, 0.2) is 0 Å². The molecule has 0 saturated carbocycles. The molecule has 0 bridgehead atoms. The first kappa shape index (κ1) is 21.4. The summed E-state index contributed by atoms with van der Waals surface area (Å²) in [6, 6.07) is 24.1. The van der Waals surface area contributed by atoms with Crippen LogP contribution in [0.4, 0.5) is 0 Å². The molecule has 0 aliphatic carbocycles. The number of rotatable bonds is 9. The standard InChI is InChI=1S/C27H26N2O3/c1-2-6-23(17-26(30)31)21-10-13-25(14-11-21)32-19-24-12-9-22-15-16-29(27(22)28-24)18-20-7-4-3-5-8-20/h2-16,23H,17-19H2,1H3,(H,30,31)/t23-/m1/s1. The van der Waals surface area contributed by atoms with Gasteiger partial charge in [-0.2, -0.15) is 0 Å². The van der Waals surface area contributed by atoms with E-state index in [1.54, 1.807) is 0 Å². The van der Waals surface area contributed by atoms with Gasteiger partial charge in [-0.05, 0) is 48.4 Å². The average molecular weight is 427 g/mol. The van der Waals surface area contributed by atoms with Crippen molar-refractivity contribution in [1.29, 1.82) is 0 Å². The second-order valence-electron chi connectivity index (χ2n) is 7.73. The third-order valence-electron chi connectivity index (χ3n) is 5.38. The van der Waals surface area contributed by atoms with Crippen LogP contribution in [0.5, 0.6) is 5.75 Å². The largest absolute Gasteiger partial charge is 0.487 e. The first-order valence-corrected chi connectivity index (χ1v) is 10.7. The Bertz CT molecular complexity index is 1210. The first-order valence-electron chi connectivity index (χ1n) is 10.7. The van der Waals surface area contributed by atoms with Crippen LogP contribution in [0.25, 0.3) is 11.0 Å². The highest BCUT2D eigenvalue weighted by Gasteiger charge is 2.12. The van der Waals surface area contributed by atoms with Gasteiger partial charge in [0, 0.05) is 24.0 Å². The fourth-order valence-electron chi connectivity index (χ4n) is 3.77. The molecule has 4 aromatic rings. The van der Waals surface area contributed by atoms with Gasteiger partial charge < -0.3 is 14.4 Å². The Kier molecular flexibility index (Phi) is 6.66. The van der Waals surface area contributed by atoms with Gasteiger partial charge in [-0.3, -0.25) is 4.79 Å². The highest BCUT2D eigenvalue weighted by atomic mass is 16.5. The summed E-state index contributed by atoms with van der Waals surface area (Å²) >= 11 is 0. The molecule has 0 amide bonds. The van der Waals surface area contributed by atoms with E-state index in [0.717, 1.165) is 34.6 Å². The summed E-state index contributed by atoms with van der Waals surface area (Å²) in [6.07, 6.45) is 5.92. The minimum atomic E-state index is -0.813. The molecule has 4 rings (SSSR count).